The largest absolute Gasteiger partial charge is 0.477 e. The average molecular weight is 383 g/mol. The van der Waals surface area contributed by atoms with Crippen molar-refractivity contribution >= 4 is 17.5 Å². The highest BCUT2D eigenvalue weighted by Gasteiger charge is 2.36. The number of carbonyl (C=O) groups excluding carboxylic acids is 2. The second-order valence-corrected chi connectivity index (χ2v) is 7.33. The van der Waals surface area contributed by atoms with E-state index >= 15 is 0 Å². The minimum absolute atomic E-state index is 0.0758. The van der Waals surface area contributed by atoms with E-state index in [0.29, 0.717) is 24.9 Å². The van der Waals surface area contributed by atoms with Crippen molar-refractivity contribution < 1.29 is 18.7 Å². The lowest BCUT2D eigenvalue weighted by Gasteiger charge is -2.17. The molecule has 146 valence electrons. The van der Waals surface area contributed by atoms with Crippen LogP contribution < -0.4 is 15.0 Å². The van der Waals surface area contributed by atoms with Crippen LogP contribution in [0.15, 0.2) is 42.6 Å². The maximum atomic E-state index is 13.9. The van der Waals surface area contributed by atoms with Crippen molar-refractivity contribution in [3.05, 3.63) is 54.0 Å². The maximum Gasteiger partial charge on any atom is 0.227 e. The number of nitrogens with zero attached hydrogens (tertiary/aromatic N) is 2. The number of anilines is 1. The molecule has 1 aliphatic heterocycles. The lowest BCUT2D eigenvalue weighted by molar-refractivity contribution is -0.126. The number of nitrogens with one attached hydrogen (secondary N) is 1. The van der Waals surface area contributed by atoms with E-state index in [1.165, 1.54) is 23.8 Å². The molecule has 7 heteroatoms. The Balaban J connectivity index is 1.29. The molecule has 1 atom stereocenters. The third kappa shape index (κ3) is 4.30. The van der Waals surface area contributed by atoms with Gasteiger partial charge in [0.1, 0.15) is 5.82 Å². The highest BCUT2D eigenvalue weighted by atomic mass is 19.1. The molecule has 1 saturated heterocycles. The van der Waals surface area contributed by atoms with E-state index in [-0.39, 0.29) is 30.5 Å². The summed E-state index contributed by atoms with van der Waals surface area (Å²) in [5.74, 6) is -0.179. The van der Waals surface area contributed by atoms with Crippen molar-refractivity contribution in [2.45, 2.75) is 25.8 Å². The number of hydrogen-bond acceptors (Lipinski definition) is 4. The summed E-state index contributed by atoms with van der Waals surface area (Å²) in [5, 5.41) is 2.84. The number of halogens is 1. The topological polar surface area (TPSA) is 71.5 Å². The molecular formula is C21H22FN3O3. The molecule has 1 N–H and O–H groups in total. The van der Waals surface area contributed by atoms with E-state index in [1.807, 2.05) is 6.07 Å². The van der Waals surface area contributed by atoms with E-state index < -0.39 is 11.7 Å². The molecule has 2 amide bonds. The van der Waals surface area contributed by atoms with Gasteiger partial charge in [0, 0.05) is 31.8 Å². The first-order chi connectivity index (χ1) is 13.6. The van der Waals surface area contributed by atoms with Crippen LogP contribution in [0.1, 0.15) is 24.8 Å². The Morgan fingerprint density at radius 2 is 2.07 bits per heavy atom. The Hall–Kier alpha value is -2.96. The predicted octanol–water partition coefficient (Wildman–Crippen LogP) is 2.68. The summed E-state index contributed by atoms with van der Waals surface area (Å²) in [6.07, 6.45) is 4.20. The molecular weight excluding hydrogens is 361 g/mol. The van der Waals surface area contributed by atoms with Crippen molar-refractivity contribution in [1.29, 1.82) is 0 Å². The fourth-order valence-corrected chi connectivity index (χ4v) is 3.21. The zero-order valence-corrected chi connectivity index (χ0v) is 15.4. The second-order valence-electron chi connectivity index (χ2n) is 7.33. The normalized spacial score (nSPS) is 19.0. The van der Waals surface area contributed by atoms with Gasteiger partial charge in [0.15, 0.2) is 0 Å². The lowest BCUT2D eigenvalue weighted by Crippen LogP contribution is -2.32. The smallest absolute Gasteiger partial charge is 0.227 e. The van der Waals surface area contributed by atoms with Crippen LogP contribution in [-0.2, 0) is 16.1 Å². The van der Waals surface area contributed by atoms with E-state index in [9.17, 15) is 14.0 Å². The summed E-state index contributed by atoms with van der Waals surface area (Å²) in [5.41, 5.74) is 1.07. The Kier molecular flexibility index (Phi) is 5.23. The van der Waals surface area contributed by atoms with Crippen LogP contribution in [-0.4, -0.2) is 29.9 Å². The van der Waals surface area contributed by atoms with Gasteiger partial charge >= 0.3 is 0 Å². The molecule has 2 fully saturated rings. The Bertz CT molecular complexity index is 867. The summed E-state index contributed by atoms with van der Waals surface area (Å²) < 4.78 is 19.5. The van der Waals surface area contributed by atoms with Gasteiger partial charge in [0.25, 0.3) is 0 Å². The van der Waals surface area contributed by atoms with Gasteiger partial charge in [-0.2, -0.15) is 0 Å². The van der Waals surface area contributed by atoms with Crippen LogP contribution in [0.2, 0.25) is 0 Å². The van der Waals surface area contributed by atoms with Crippen LogP contribution in [0.25, 0.3) is 0 Å². The number of pyridine rings is 1. The molecule has 6 nitrogen and oxygen atoms in total. The summed E-state index contributed by atoms with van der Waals surface area (Å²) >= 11 is 0. The number of aromatic nitrogens is 1. The van der Waals surface area contributed by atoms with Crippen molar-refractivity contribution in [1.82, 2.24) is 10.3 Å². The van der Waals surface area contributed by atoms with Crippen molar-refractivity contribution in [2.24, 2.45) is 11.8 Å². The first kappa shape index (κ1) is 18.4. The molecule has 1 aromatic carbocycles. The molecule has 1 unspecified atom stereocenters. The highest BCUT2D eigenvalue weighted by molar-refractivity contribution is 6.00. The van der Waals surface area contributed by atoms with Crippen LogP contribution >= 0.6 is 0 Å². The lowest BCUT2D eigenvalue weighted by atomic mass is 10.1. The molecule has 2 aliphatic rings. The monoisotopic (exact) mass is 383 g/mol. The van der Waals surface area contributed by atoms with Gasteiger partial charge in [-0.25, -0.2) is 9.37 Å². The first-order valence-electron chi connectivity index (χ1n) is 9.50. The Morgan fingerprint density at radius 3 is 2.79 bits per heavy atom. The summed E-state index contributed by atoms with van der Waals surface area (Å²) in [4.78, 5) is 30.3. The molecule has 0 spiro atoms. The fraction of sp³-hybridized carbons (Fsp3) is 0.381. The van der Waals surface area contributed by atoms with Gasteiger partial charge < -0.3 is 15.0 Å². The zero-order valence-electron chi connectivity index (χ0n) is 15.4. The Morgan fingerprint density at radius 1 is 1.25 bits per heavy atom. The highest BCUT2D eigenvalue weighted by Crippen LogP contribution is 2.29. The molecule has 0 radical (unpaired) electrons. The van der Waals surface area contributed by atoms with E-state index in [0.717, 1.165) is 5.56 Å². The standard InChI is InChI=1S/C21H22FN3O3/c22-17-3-1-2-4-18(17)25-12-16(9-20(25)26)21(27)24-11-15-7-8-19(23-10-15)28-13-14-5-6-14/h1-4,7-8,10,14,16H,5-6,9,11-13H2,(H,24,27). The summed E-state index contributed by atoms with van der Waals surface area (Å²) in [7, 11) is 0. The van der Waals surface area contributed by atoms with Crippen molar-refractivity contribution in [2.75, 3.05) is 18.1 Å². The van der Waals surface area contributed by atoms with Crippen LogP contribution in [0.5, 0.6) is 5.88 Å². The van der Waals surface area contributed by atoms with E-state index in [4.69, 9.17) is 4.74 Å². The van der Waals surface area contributed by atoms with Crippen LogP contribution in [0.4, 0.5) is 10.1 Å². The molecule has 0 bridgehead atoms. The molecule has 2 aromatic rings. The number of amides is 2. The summed E-state index contributed by atoms with van der Waals surface area (Å²) in [6, 6.07) is 9.75. The predicted molar refractivity (Wildman–Crippen MR) is 101 cm³/mol. The van der Waals surface area contributed by atoms with Crippen molar-refractivity contribution in [3.63, 3.8) is 0 Å². The van der Waals surface area contributed by atoms with Crippen molar-refractivity contribution in [3.8, 4) is 5.88 Å². The third-order valence-electron chi connectivity index (χ3n) is 5.07. The average Bonchev–Trinajstić information content (AvgIpc) is 3.46. The first-order valence-corrected chi connectivity index (χ1v) is 9.50. The SMILES string of the molecule is O=C(NCc1ccc(OCC2CC2)nc1)C1CC(=O)N(c2ccccc2F)C1. The second kappa shape index (κ2) is 7.96. The van der Waals surface area contributed by atoms with Gasteiger partial charge in [-0.15, -0.1) is 0 Å². The third-order valence-corrected chi connectivity index (χ3v) is 5.07. The quantitative estimate of drug-likeness (QED) is 0.798. The number of hydrogen-bond donors (Lipinski definition) is 1. The minimum atomic E-state index is -0.499. The van der Waals surface area contributed by atoms with Crippen LogP contribution in [0.3, 0.4) is 0 Å². The van der Waals surface area contributed by atoms with Crippen LogP contribution in [0, 0.1) is 17.7 Å². The van der Waals surface area contributed by atoms with Gasteiger partial charge in [-0.05, 0) is 36.5 Å². The molecule has 1 aromatic heterocycles. The van der Waals surface area contributed by atoms with Gasteiger partial charge in [-0.3, -0.25) is 9.59 Å². The fourth-order valence-electron chi connectivity index (χ4n) is 3.21. The zero-order chi connectivity index (χ0) is 19.5. The molecule has 2 heterocycles. The number of ether oxygens (including phenoxy) is 1. The molecule has 1 saturated carbocycles. The molecule has 4 rings (SSSR count). The Labute approximate surface area is 162 Å². The number of carbonyl (C=O) groups is 2. The van der Waals surface area contributed by atoms with E-state index in [1.54, 1.807) is 30.5 Å². The van der Waals surface area contributed by atoms with E-state index in [2.05, 4.69) is 10.3 Å². The van der Waals surface area contributed by atoms with Gasteiger partial charge in [-0.1, -0.05) is 18.2 Å². The minimum Gasteiger partial charge on any atom is -0.477 e. The number of benzene rings is 1. The number of rotatable bonds is 7. The molecule has 28 heavy (non-hydrogen) atoms. The summed E-state index contributed by atoms with van der Waals surface area (Å²) in [6.45, 7) is 1.20. The molecule has 1 aliphatic carbocycles. The number of para-hydroxylation sites is 1. The van der Waals surface area contributed by atoms with Gasteiger partial charge in [0.05, 0.1) is 18.2 Å². The van der Waals surface area contributed by atoms with Gasteiger partial charge in [0.2, 0.25) is 17.7 Å². The maximum absolute atomic E-state index is 13.9.